The molecular formula is C11H12F2O11S2. The Morgan fingerprint density at radius 1 is 1.23 bits per heavy atom. The number of alkyl halides is 2. The van der Waals surface area contributed by atoms with Crippen molar-refractivity contribution in [3.63, 3.8) is 0 Å². The molecule has 0 aromatic heterocycles. The minimum atomic E-state index is -4.17. The van der Waals surface area contributed by atoms with Gasteiger partial charge in [-0.25, -0.2) is 10.1 Å². The van der Waals surface area contributed by atoms with E-state index >= 15 is 0 Å². The van der Waals surface area contributed by atoms with Crippen molar-refractivity contribution in [2.75, 3.05) is 13.2 Å². The monoisotopic (exact) mass is 422 g/mol. The van der Waals surface area contributed by atoms with E-state index in [1.165, 1.54) is 0 Å². The molecule has 15 heteroatoms. The third-order valence-electron chi connectivity index (χ3n) is 4.07. The molecule has 3 saturated heterocycles. The lowest BCUT2D eigenvalue weighted by atomic mass is 9.87. The second-order valence-corrected chi connectivity index (χ2v) is 8.08. The van der Waals surface area contributed by atoms with Crippen LogP contribution in [0.15, 0.2) is 0 Å². The van der Waals surface area contributed by atoms with Gasteiger partial charge < -0.3 is 14.2 Å². The molecule has 148 valence electrons. The minimum absolute atomic E-state index is 0.228. The number of hydrogen-bond donors (Lipinski definition) is 1. The molecule has 3 aliphatic rings. The molecule has 1 N–H and O–H groups in total. The zero-order valence-corrected chi connectivity index (χ0v) is 14.2. The van der Waals surface area contributed by atoms with Crippen molar-refractivity contribution in [3.8, 4) is 0 Å². The van der Waals surface area contributed by atoms with Gasteiger partial charge >= 0.3 is 17.2 Å². The Kier molecular flexibility index (Phi) is 5.40. The summed E-state index contributed by atoms with van der Waals surface area (Å²) in [5.41, 5.74) is 0. The molecular weight excluding hydrogens is 410 g/mol. The predicted molar refractivity (Wildman–Crippen MR) is 73.6 cm³/mol. The number of fused-ring (bicyclic) bond motifs is 1. The first-order valence-corrected chi connectivity index (χ1v) is 9.34. The lowest BCUT2D eigenvalue weighted by Crippen LogP contribution is -2.41. The van der Waals surface area contributed by atoms with Gasteiger partial charge in [0.2, 0.25) is 0 Å². The first-order chi connectivity index (χ1) is 12.2. The number of halogens is 2. The highest BCUT2D eigenvalue weighted by Gasteiger charge is 2.68. The van der Waals surface area contributed by atoms with Crippen LogP contribution in [0.1, 0.15) is 6.42 Å². The van der Waals surface area contributed by atoms with Gasteiger partial charge in [-0.3, -0.25) is 8.98 Å². The van der Waals surface area contributed by atoms with Crippen LogP contribution in [-0.4, -0.2) is 67.6 Å². The second-order valence-electron chi connectivity index (χ2n) is 5.54. The first kappa shape index (κ1) is 19.7. The summed E-state index contributed by atoms with van der Waals surface area (Å²) in [7, 11) is -3.96. The summed E-state index contributed by atoms with van der Waals surface area (Å²) < 4.78 is 72.8. The maximum absolute atomic E-state index is 13.1. The Balaban J connectivity index is 1.46. The largest absolute Gasteiger partial charge is 0.462 e. The highest BCUT2D eigenvalue weighted by atomic mass is 32.2. The Morgan fingerprint density at radius 2 is 1.92 bits per heavy atom. The van der Waals surface area contributed by atoms with Gasteiger partial charge in [0.1, 0.15) is 48.6 Å². The normalized spacial score (nSPS) is 34.0. The molecule has 0 aromatic carbocycles. The Bertz CT molecular complexity index is 682. The van der Waals surface area contributed by atoms with Crippen LogP contribution in [0.4, 0.5) is 8.78 Å². The molecule has 0 spiro atoms. The highest BCUT2D eigenvalue weighted by molar-refractivity contribution is 7.96. The number of ether oxygens (including phenoxy) is 3. The van der Waals surface area contributed by atoms with E-state index in [4.69, 9.17) is 18.9 Å². The summed E-state index contributed by atoms with van der Waals surface area (Å²) in [5, 5.41) is 5.37. The molecule has 5 unspecified atom stereocenters. The standard InChI is InChI=1S/C11H12F2O11S2/c12-11(13,25-24-23-16)10(15)20-2-1-19-9(14)6-4-3-5-7(21-4)8(6)26(17,18)22-5/h4-8,16H,1-3H2. The van der Waals surface area contributed by atoms with E-state index in [9.17, 15) is 26.8 Å². The van der Waals surface area contributed by atoms with Gasteiger partial charge in [0.25, 0.3) is 10.1 Å². The Hall–Kier alpha value is -1.10. The Labute approximate surface area is 149 Å². The summed E-state index contributed by atoms with van der Waals surface area (Å²) in [6, 6.07) is 0. The first-order valence-electron chi connectivity index (χ1n) is 7.12. The lowest BCUT2D eigenvalue weighted by molar-refractivity contribution is -0.433. The van der Waals surface area contributed by atoms with Crippen molar-refractivity contribution < 1.29 is 59.8 Å². The average molecular weight is 422 g/mol. The second kappa shape index (κ2) is 7.14. The molecule has 0 aromatic rings. The number of rotatable bonds is 8. The van der Waals surface area contributed by atoms with Crippen LogP contribution in [0.3, 0.4) is 0 Å². The number of esters is 2. The van der Waals surface area contributed by atoms with Crippen molar-refractivity contribution >= 4 is 34.1 Å². The Morgan fingerprint density at radius 3 is 2.62 bits per heavy atom. The van der Waals surface area contributed by atoms with Crippen LogP contribution in [-0.2, 0) is 47.5 Å². The van der Waals surface area contributed by atoms with Crippen LogP contribution in [0, 0.1) is 5.92 Å². The van der Waals surface area contributed by atoms with Crippen molar-refractivity contribution in [2.45, 2.75) is 35.2 Å². The molecule has 11 nitrogen and oxygen atoms in total. The maximum atomic E-state index is 13.1. The van der Waals surface area contributed by atoms with E-state index in [1.54, 1.807) is 0 Å². The van der Waals surface area contributed by atoms with E-state index in [1.807, 2.05) is 0 Å². The van der Waals surface area contributed by atoms with Crippen molar-refractivity contribution in [1.82, 2.24) is 0 Å². The molecule has 3 aliphatic heterocycles. The summed E-state index contributed by atoms with van der Waals surface area (Å²) in [5.74, 6) is -4.02. The number of carbonyl (C=O) groups is 2. The molecule has 3 fully saturated rings. The molecule has 26 heavy (non-hydrogen) atoms. The molecule has 0 saturated carbocycles. The predicted octanol–water partition coefficient (Wildman–Crippen LogP) is -0.380. The third kappa shape index (κ3) is 3.51. The van der Waals surface area contributed by atoms with E-state index in [-0.39, 0.29) is 6.42 Å². The topological polar surface area (TPSA) is 144 Å². The van der Waals surface area contributed by atoms with Crippen molar-refractivity contribution in [1.29, 1.82) is 0 Å². The molecule has 3 heterocycles. The summed E-state index contributed by atoms with van der Waals surface area (Å²) in [6.45, 7) is -1.29. The molecule has 2 bridgehead atoms. The summed E-state index contributed by atoms with van der Waals surface area (Å²) in [4.78, 5) is 23.2. The fourth-order valence-corrected chi connectivity index (χ4v) is 5.27. The molecule has 3 rings (SSSR count). The van der Waals surface area contributed by atoms with E-state index in [0.29, 0.717) is 0 Å². The number of carbonyl (C=O) groups excluding carboxylic acids is 2. The van der Waals surface area contributed by atoms with E-state index in [2.05, 4.69) is 14.1 Å². The fourth-order valence-electron chi connectivity index (χ4n) is 3.15. The minimum Gasteiger partial charge on any atom is -0.462 e. The van der Waals surface area contributed by atoms with Crippen LogP contribution in [0.5, 0.6) is 0 Å². The molecule has 0 radical (unpaired) electrons. The zero-order valence-electron chi connectivity index (χ0n) is 12.6. The van der Waals surface area contributed by atoms with Gasteiger partial charge in [-0.1, -0.05) is 5.04 Å². The van der Waals surface area contributed by atoms with Crippen LogP contribution < -0.4 is 0 Å². The lowest BCUT2D eigenvalue weighted by Gasteiger charge is -2.20. The van der Waals surface area contributed by atoms with E-state index < -0.39 is 82.0 Å². The zero-order chi connectivity index (χ0) is 19.1. The smallest absolute Gasteiger partial charge is 0.415 e. The third-order valence-corrected chi connectivity index (χ3v) is 6.32. The van der Waals surface area contributed by atoms with E-state index in [0.717, 1.165) is 0 Å². The van der Waals surface area contributed by atoms with Gasteiger partial charge in [-0.2, -0.15) is 17.2 Å². The quantitative estimate of drug-likeness (QED) is 0.136. The summed E-state index contributed by atoms with van der Waals surface area (Å²) in [6.07, 6.45) is -1.78. The fraction of sp³-hybridized carbons (Fsp3) is 0.818. The van der Waals surface area contributed by atoms with Crippen LogP contribution in [0.2, 0.25) is 0 Å². The van der Waals surface area contributed by atoms with Gasteiger partial charge in [0.05, 0.1) is 6.10 Å². The van der Waals surface area contributed by atoms with Crippen molar-refractivity contribution in [3.05, 3.63) is 0 Å². The van der Waals surface area contributed by atoms with Crippen LogP contribution in [0.25, 0.3) is 0 Å². The van der Waals surface area contributed by atoms with Crippen molar-refractivity contribution in [2.24, 2.45) is 5.92 Å². The molecule has 5 atom stereocenters. The summed E-state index contributed by atoms with van der Waals surface area (Å²) >= 11 is -0.798. The number of hydrogen-bond acceptors (Lipinski definition) is 12. The molecule has 0 aliphatic carbocycles. The average Bonchev–Trinajstić information content (AvgIpc) is 3.17. The SMILES string of the molecule is O=C(OCCOC(=O)C(F)(F)SOOO)C1C2CC3OS(=O)(=O)C1C3O2. The molecule has 0 amide bonds. The van der Waals surface area contributed by atoms with Crippen LogP contribution >= 0.6 is 12.0 Å². The maximum Gasteiger partial charge on any atom is 0.415 e. The highest BCUT2D eigenvalue weighted by Crippen LogP contribution is 2.50. The van der Waals surface area contributed by atoms with Gasteiger partial charge in [0, 0.05) is 6.42 Å². The van der Waals surface area contributed by atoms with Gasteiger partial charge in [0.15, 0.2) is 0 Å². The van der Waals surface area contributed by atoms with Gasteiger partial charge in [-0.05, 0) is 0 Å². The van der Waals surface area contributed by atoms with Gasteiger partial charge in [-0.15, -0.1) is 4.33 Å².